The van der Waals surface area contributed by atoms with Gasteiger partial charge in [-0.3, -0.25) is 5.10 Å². The van der Waals surface area contributed by atoms with Gasteiger partial charge in [0.05, 0.1) is 6.20 Å². The van der Waals surface area contributed by atoms with Crippen molar-refractivity contribution in [3.05, 3.63) is 24.0 Å². The minimum atomic E-state index is 0. The molecule has 0 saturated carbocycles. The highest BCUT2D eigenvalue weighted by molar-refractivity contribution is 5.47. The van der Waals surface area contributed by atoms with Crippen LogP contribution in [0, 0.1) is 6.92 Å². The molecule has 0 radical (unpaired) electrons. The molecule has 0 amide bonds. The van der Waals surface area contributed by atoms with Gasteiger partial charge in [0.15, 0.2) is 0 Å². The monoisotopic (exact) mass is 110 g/mol. The Bertz CT molecular complexity index is 193. The molecular formula is C6H10N2. The summed E-state index contributed by atoms with van der Waals surface area (Å²) in [6.07, 6.45) is 3.53. The highest BCUT2D eigenvalue weighted by Crippen LogP contribution is 2.01. The molecule has 0 atom stereocenters. The molecular weight excluding hydrogens is 100 g/mol. The highest BCUT2D eigenvalue weighted by Gasteiger charge is 1.90. The van der Waals surface area contributed by atoms with Gasteiger partial charge in [-0.1, -0.05) is 12.7 Å². The predicted molar refractivity (Wildman–Crippen MR) is 35.5 cm³/mol. The van der Waals surface area contributed by atoms with E-state index in [4.69, 9.17) is 0 Å². The van der Waals surface area contributed by atoms with Gasteiger partial charge in [0.1, 0.15) is 0 Å². The van der Waals surface area contributed by atoms with E-state index in [1.807, 2.05) is 6.92 Å². The van der Waals surface area contributed by atoms with Crippen LogP contribution in [0.15, 0.2) is 12.8 Å². The van der Waals surface area contributed by atoms with Gasteiger partial charge in [0.2, 0.25) is 0 Å². The Balaban J connectivity index is 0.000000640. The van der Waals surface area contributed by atoms with Crippen LogP contribution in [-0.4, -0.2) is 10.2 Å². The average molecular weight is 110 g/mol. The molecule has 8 heavy (non-hydrogen) atoms. The third kappa shape index (κ3) is 0.644. The van der Waals surface area contributed by atoms with Gasteiger partial charge in [-0.2, -0.15) is 5.10 Å². The van der Waals surface area contributed by atoms with Crippen LogP contribution in [0.2, 0.25) is 0 Å². The smallest absolute Gasteiger partial charge is 0.0562 e. The summed E-state index contributed by atoms with van der Waals surface area (Å²) in [5.41, 5.74) is 2.14. The van der Waals surface area contributed by atoms with Crippen LogP contribution in [0.25, 0.3) is 6.08 Å². The molecule has 2 nitrogen and oxygen atoms in total. The van der Waals surface area contributed by atoms with E-state index in [-0.39, 0.29) is 1.43 Å². The van der Waals surface area contributed by atoms with Crippen molar-refractivity contribution in [1.29, 1.82) is 0 Å². The summed E-state index contributed by atoms with van der Waals surface area (Å²) in [7, 11) is 0. The lowest BCUT2D eigenvalue weighted by molar-refractivity contribution is 1.05. The molecule has 1 aromatic rings. The van der Waals surface area contributed by atoms with Crippen LogP contribution >= 0.6 is 0 Å². The van der Waals surface area contributed by atoms with E-state index in [1.165, 1.54) is 0 Å². The van der Waals surface area contributed by atoms with E-state index < -0.39 is 0 Å². The van der Waals surface area contributed by atoms with Crippen LogP contribution in [0.5, 0.6) is 0 Å². The van der Waals surface area contributed by atoms with Crippen molar-refractivity contribution in [2.24, 2.45) is 0 Å². The Hall–Kier alpha value is -1.05. The fourth-order valence-electron chi connectivity index (χ4n) is 0.566. The van der Waals surface area contributed by atoms with E-state index in [2.05, 4.69) is 16.8 Å². The summed E-state index contributed by atoms with van der Waals surface area (Å²) < 4.78 is 0. The van der Waals surface area contributed by atoms with Crippen LogP contribution in [0.4, 0.5) is 0 Å². The first-order chi connectivity index (χ1) is 3.84. The zero-order valence-electron chi connectivity index (χ0n) is 4.81. The van der Waals surface area contributed by atoms with Crippen LogP contribution in [0.3, 0.4) is 0 Å². The van der Waals surface area contributed by atoms with Crippen LogP contribution in [0.1, 0.15) is 12.7 Å². The molecule has 0 unspecified atom stereocenters. The average Bonchev–Trinajstić information content (AvgIpc) is 2.14. The van der Waals surface area contributed by atoms with Gasteiger partial charge in [-0.15, -0.1) is 0 Å². The van der Waals surface area contributed by atoms with Crippen molar-refractivity contribution in [3.63, 3.8) is 0 Å². The first-order valence-electron chi connectivity index (χ1n) is 2.47. The van der Waals surface area contributed by atoms with Crippen molar-refractivity contribution in [3.8, 4) is 0 Å². The summed E-state index contributed by atoms with van der Waals surface area (Å²) >= 11 is 0. The molecule has 1 N–H and O–H groups in total. The normalized spacial score (nSPS) is 9.12. The van der Waals surface area contributed by atoms with Gasteiger partial charge in [0.25, 0.3) is 0 Å². The topological polar surface area (TPSA) is 28.7 Å². The molecule has 0 aromatic carbocycles. The number of hydrogen-bond donors (Lipinski definition) is 1. The number of aryl methyl sites for hydroxylation is 1. The predicted octanol–water partition coefficient (Wildman–Crippen LogP) is 1.61. The van der Waals surface area contributed by atoms with E-state index in [1.54, 1.807) is 12.3 Å². The van der Waals surface area contributed by atoms with Crippen LogP contribution < -0.4 is 0 Å². The molecule has 0 bridgehead atoms. The quantitative estimate of drug-likeness (QED) is 0.584. The summed E-state index contributed by atoms with van der Waals surface area (Å²) in [5.74, 6) is 0. The molecule has 1 aromatic heterocycles. The molecule has 0 fully saturated rings. The maximum atomic E-state index is 3.80. The van der Waals surface area contributed by atoms with Crippen molar-refractivity contribution >= 4 is 6.08 Å². The molecule has 1 heterocycles. The first-order valence-corrected chi connectivity index (χ1v) is 2.47. The molecule has 0 aliphatic heterocycles. The minimum Gasteiger partial charge on any atom is -0.282 e. The third-order valence-electron chi connectivity index (χ3n) is 1.09. The lowest BCUT2D eigenvalue weighted by Crippen LogP contribution is -1.71. The molecule has 1 rings (SSSR count). The molecule has 0 spiro atoms. The lowest BCUT2D eigenvalue weighted by atomic mass is 10.3. The number of nitrogens with zero attached hydrogens (tertiary/aromatic N) is 1. The van der Waals surface area contributed by atoms with Gasteiger partial charge < -0.3 is 0 Å². The zero-order valence-corrected chi connectivity index (χ0v) is 4.81. The largest absolute Gasteiger partial charge is 0.282 e. The van der Waals surface area contributed by atoms with E-state index in [9.17, 15) is 0 Å². The number of aromatic amines is 1. The van der Waals surface area contributed by atoms with Crippen molar-refractivity contribution < 1.29 is 1.43 Å². The summed E-state index contributed by atoms with van der Waals surface area (Å²) in [4.78, 5) is 0. The zero-order chi connectivity index (χ0) is 5.98. The Labute approximate surface area is 49.7 Å². The number of hydrogen-bond acceptors (Lipinski definition) is 1. The SMILES string of the molecule is C=Cc1cn[nH]c1C.[HH]. The highest BCUT2D eigenvalue weighted by atomic mass is 15.1. The molecule has 2 heteroatoms. The summed E-state index contributed by atoms with van der Waals surface area (Å²) in [5, 5.41) is 6.59. The first kappa shape index (κ1) is 5.09. The van der Waals surface area contributed by atoms with Crippen molar-refractivity contribution in [2.75, 3.05) is 0 Å². The maximum absolute atomic E-state index is 3.80. The number of H-pyrrole nitrogens is 1. The molecule has 44 valence electrons. The fourth-order valence-corrected chi connectivity index (χ4v) is 0.566. The van der Waals surface area contributed by atoms with E-state index in [0.29, 0.717) is 0 Å². The standard InChI is InChI=1S/C6H8N2.H2/c1-3-6-4-7-8-5(6)2;/h3-4H,1H2,2H3,(H,7,8);1H. The Morgan fingerprint density at radius 1 is 2.00 bits per heavy atom. The minimum absolute atomic E-state index is 0. The molecule has 0 aliphatic carbocycles. The molecule has 0 aliphatic rings. The summed E-state index contributed by atoms with van der Waals surface area (Å²) in [6, 6.07) is 0. The lowest BCUT2D eigenvalue weighted by Gasteiger charge is -1.81. The second-order valence-corrected chi connectivity index (χ2v) is 1.65. The van der Waals surface area contributed by atoms with Gasteiger partial charge in [0, 0.05) is 12.7 Å². The number of aromatic nitrogens is 2. The second kappa shape index (κ2) is 1.82. The Morgan fingerprint density at radius 3 is 3.00 bits per heavy atom. The van der Waals surface area contributed by atoms with Crippen molar-refractivity contribution in [2.45, 2.75) is 6.92 Å². The Kier molecular flexibility index (Phi) is 1.16. The number of nitrogens with one attached hydrogen (secondary N) is 1. The van der Waals surface area contributed by atoms with E-state index >= 15 is 0 Å². The Morgan fingerprint density at radius 2 is 2.75 bits per heavy atom. The van der Waals surface area contributed by atoms with Gasteiger partial charge in [-0.25, -0.2) is 0 Å². The molecule has 0 saturated heterocycles. The number of rotatable bonds is 1. The van der Waals surface area contributed by atoms with Gasteiger partial charge in [-0.05, 0) is 6.92 Å². The second-order valence-electron chi connectivity index (χ2n) is 1.65. The van der Waals surface area contributed by atoms with Crippen LogP contribution in [-0.2, 0) is 0 Å². The third-order valence-corrected chi connectivity index (χ3v) is 1.09. The maximum Gasteiger partial charge on any atom is 0.0562 e. The van der Waals surface area contributed by atoms with Crippen molar-refractivity contribution in [1.82, 2.24) is 10.2 Å². The fraction of sp³-hybridized carbons (Fsp3) is 0.167. The van der Waals surface area contributed by atoms with E-state index in [0.717, 1.165) is 11.3 Å². The summed E-state index contributed by atoms with van der Waals surface area (Å²) in [6.45, 7) is 5.57. The van der Waals surface area contributed by atoms with Gasteiger partial charge >= 0.3 is 0 Å².